The minimum atomic E-state index is -0.438. The number of nitrogens with one attached hydrogen (secondary N) is 1. The second kappa shape index (κ2) is 9.02. The second-order valence-electron chi connectivity index (χ2n) is 7.30. The standard InChI is InChI=1S/C23H20Cl2N4O2S/c1-2-3-16(32-23(26)27)29-20(13-6-10-15(25)11-7-13)18-17(22(29)31)19(28-21(18)30)12-4-8-14(24)9-5-12/h4-11,16,31H,2-3H2,1H3,(H3,26,27). The summed E-state index contributed by atoms with van der Waals surface area (Å²) in [5.74, 6) is -0.524. The SMILES string of the molecule is CCCC(SC(=N)N)n1c(O)c2c(c1-c1ccc(Cl)cc1)C(=O)N=C2c1ccc(Cl)cc1. The average Bonchev–Trinajstić information content (AvgIpc) is 3.24. The van der Waals surface area contributed by atoms with Gasteiger partial charge in [-0.15, -0.1) is 0 Å². The Morgan fingerprint density at radius 2 is 1.66 bits per heavy atom. The van der Waals surface area contributed by atoms with E-state index in [1.807, 2.05) is 6.92 Å². The van der Waals surface area contributed by atoms with Crippen molar-refractivity contribution in [1.29, 1.82) is 5.41 Å². The number of amides is 1. The van der Waals surface area contributed by atoms with Gasteiger partial charge in [0, 0.05) is 15.6 Å². The Morgan fingerprint density at radius 1 is 1.09 bits per heavy atom. The second-order valence-corrected chi connectivity index (χ2v) is 9.39. The largest absolute Gasteiger partial charge is 0.494 e. The van der Waals surface area contributed by atoms with Crippen molar-refractivity contribution >= 4 is 51.8 Å². The number of aliphatic imine (C=N–C) groups is 1. The third kappa shape index (κ3) is 4.03. The van der Waals surface area contributed by atoms with Gasteiger partial charge >= 0.3 is 0 Å². The van der Waals surface area contributed by atoms with Gasteiger partial charge in [0.1, 0.15) is 0 Å². The Morgan fingerprint density at radius 3 is 2.19 bits per heavy atom. The Balaban J connectivity index is 1.99. The highest BCUT2D eigenvalue weighted by molar-refractivity contribution is 8.13. The van der Waals surface area contributed by atoms with E-state index in [1.54, 1.807) is 53.1 Å². The number of nitrogens with zero attached hydrogens (tertiary/aromatic N) is 2. The van der Waals surface area contributed by atoms with E-state index in [-0.39, 0.29) is 16.4 Å². The number of carbonyl (C=O) groups excluding carboxylic acids is 1. The van der Waals surface area contributed by atoms with Crippen LogP contribution in [0.15, 0.2) is 53.5 Å². The molecule has 1 amide bonds. The van der Waals surface area contributed by atoms with E-state index in [1.165, 1.54) is 0 Å². The van der Waals surface area contributed by atoms with Gasteiger partial charge in [-0.2, -0.15) is 0 Å². The van der Waals surface area contributed by atoms with Crippen LogP contribution in [-0.2, 0) is 0 Å². The van der Waals surface area contributed by atoms with Crippen molar-refractivity contribution in [2.45, 2.75) is 25.1 Å². The fourth-order valence-corrected chi connectivity index (χ4v) is 5.05. The molecular weight excluding hydrogens is 467 g/mol. The minimum Gasteiger partial charge on any atom is -0.494 e. The van der Waals surface area contributed by atoms with Gasteiger partial charge in [-0.1, -0.05) is 72.6 Å². The number of thioether (sulfide) groups is 1. The Hall–Kier alpha value is -2.74. The molecule has 1 aliphatic heterocycles. The normalized spacial score (nSPS) is 13.7. The molecule has 1 unspecified atom stereocenters. The minimum absolute atomic E-state index is 0.0725. The van der Waals surface area contributed by atoms with Crippen LogP contribution in [0.5, 0.6) is 5.88 Å². The Bertz CT molecular complexity index is 1230. The number of nitrogens with two attached hydrogens (primary N) is 1. The number of carbonyl (C=O) groups is 1. The molecule has 9 heteroatoms. The molecule has 0 bridgehead atoms. The zero-order chi connectivity index (χ0) is 23.0. The molecule has 1 aromatic heterocycles. The molecule has 0 aliphatic carbocycles. The highest BCUT2D eigenvalue weighted by atomic mass is 35.5. The number of halogens is 2. The highest BCUT2D eigenvalue weighted by Crippen LogP contribution is 2.46. The number of aromatic nitrogens is 1. The lowest BCUT2D eigenvalue weighted by Gasteiger charge is -2.22. The van der Waals surface area contributed by atoms with E-state index < -0.39 is 5.91 Å². The van der Waals surface area contributed by atoms with E-state index in [9.17, 15) is 9.90 Å². The summed E-state index contributed by atoms with van der Waals surface area (Å²) in [6.45, 7) is 2.01. The summed E-state index contributed by atoms with van der Waals surface area (Å²) >= 11 is 13.2. The Labute approximate surface area is 199 Å². The van der Waals surface area contributed by atoms with Crippen LogP contribution in [0.4, 0.5) is 0 Å². The van der Waals surface area contributed by atoms with Gasteiger partial charge in [0.05, 0.1) is 27.9 Å². The quantitative estimate of drug-likeness (QED) is 0.289. The van der Waals surface area contributed by atoms with Crippen molar-refractivity contribution in [3.63, 3.8) is 0 Å². The van der Waals surface area contributed by atoms with Crippen LogP contribution in [0.25, 0.3) is 11.3 Å². The van der Waals surface area contributed by atoms with Crippen LogP contribution < -0.4 is 5.73 Å². The van der Waals surface area contributed by atoms with Crippen molar-refractivity contribution in [1.82, 2.24) is 4.57 Å². The number of benzene rings is 2. The van der Waals surface area contributed by atoms with E-state index in [4.69, 9.17) is 34.3 Å². The number of rotatable bonds is 6. The van der Waals surface area contributed by atoms with Crippen LogP contribution in [0.1, 0.15) is 46.6 Å². The molecule has 4 rings (SSSR count). The maximum absolute atomic E-state index is 13.1. The molecule has 0 radical (unpaired) electrons. The summed E-state index contributed by atoms with van der Waals surface area (Å²) in [4.78, 5) is 17.4. The molecule has 164 valence electrons. The third-order valence-corrected chi connectivity index (χ3v) is 6.64. The van der Waals surface area contributed by atoms with E-state index in [0.717, 1.165) is 18.2 Å². The van der Waals surface area contributed by atoms with E-state index in [0.29, 0.717) is 50.1 Å². The van der Waals surface area contributed by atoms with Gasteiger partial charge in [-0.3, -0.25) is 14.8 Å². The first-order valence-corrected chi connectivity index (χ1v) is 11.6. The zero-order valence-electron chi connectivity index (χ0n) is 17.1. The van der Waals surface area contributed by atoms with Crippen LogP contribution in [0, 0.1) is 5.41 Å². The molecule has 2 heterocycles. The van der Waals surface area contributed by atoms with Gasteiger partial charge in [0.2, 0.25) is 5.88 Å². The fourth-order valence-electron chi connectivity index (χ4n) is 3.85. The van der Waals surface area contributed by atoms with Crippen LogP contribution in [0.3, 0.4) is 0 Å². The van der Waals surface area contributed by atoms with Crippen molar-refractivity contribution in [3.05, 3.63) is 75.3 Å². The van der Waals surface area contributed by atoms with E-state index >= 15 is 0 Å². The third-order valence-electron chi connectivity index (χ3n) is 5.17. The first-order valence-electron chi connectivity index (χ1n) is 9.94. The highest BCUT2D eigenvalue weighted by Gasteiger charge is 2.38. The molecule has 2 aromatic carbocycles. The molecule has 0 fully saturated rings. The van der Waals surface area contributed by atoms with Crippen molar-refractivity contribution < 1.29 is 9.90 Å². The number of aromatic hydroxyl groups is 1. The molecule has 1 atom stereocenters. The van der Waals surface area contributed by atoms with Gasteiger partial charge < -0.3 is 10.8 Å². The lowest BCUT2D eigenvalue weighted by Crippen LogP contribution is -2.14. The number of fused-ring (bicyclic) bond motifs is 1. The summed E-state index contributed by atoms with van der Waals surface area (Å²) in [7, 11) is 0. The number of amidine groups is 1. The maximum Gasteiger partial charge on any atom is 0.280 e. The summed E-state index contributed by atoms with van der Waals surface area (Å²) in [6.07, 6.45) is 1.42. The smallest absolute Gasteiger partial charge is 0.280 e. The topological polar surface area (TPSA) is 104 Å². The predicted octanol–water partition coefficient (Wildman–Crippen LogP) is 6.08. The summed E-state index contributed by atoms with van der Waals surface area (Å²) < 4.78 is 1.69. The average molecular weight is 487 g/mol. The lowest BCUT2D eigenvalue weighted by atomic mass is 10.0. The molecular formula is C23H20Cl2N4O2S. The molecule has 0 saturated carbocycles. The summed E-state index contributed by atoms with van der Waals surface area (Å²) in [5, 5.41) is 19.9. The van der Waals surface area contributed by atoms with Crippen LogP contribution in [0.2, 0.25) is 10.0 Å². The summed E-state index contributed by atoms with van der Waals surface area (Å²) in [5.41, 5.74) is 8.68. The van der Waals surface area contributed by atoms with Gasteiger partial charge in [-0.25, -0.2) is 4.99 Å². The first kappa shape index (κ1) is 22.5. The van der Waals surface area contributed by atoms with Crippen molar-refractivity contribution in [2.75, 3.05) is 0 Å². The van der Waals surface area contributed by atoms with E-state index in [2.05, 4.69) is 4.99 Å². The lowest BCUT2D eigenvalue weighted by molar-refractivity contribution is 0.101. The molecule has 6 nitrogen and oxygen atoms in total. The van der Waals surface area contributed by atoms with Gasteiger partial charge in [0.15, 0.2) is 5.17 Å². The van der Waals surface area contributed by atoms with Gasteiger partial charge in [0.25, 0.3) is 5.91 Å². The molecule has 3 aromatic rings. The van der Waals surface area contributed by atoms with Crippen molar-refractivity contribution in [3.8, 4) is 17.1 Å². The van der Waals surface area contributed by atoms with Crippen LogP contribution in [-0.4, -0.2) is 26.5 Å². The fraction of sp³-hybridized carbons (Fsp3) is 0.174. The molecule has 0 spiro atoms. The predicted molar refractivity (Wildman–Crippen MR) is 131 cm³/mol. The van der Waals surface area contributed by atoms with Crippen molar-refractivity contribution in [2.24, 2.45) is 10.7 Å². The first-order chi connectivity index (χ1) is 15.3. The molecule has 1 aliphatic rings. The maximum atomic E-state index is 13.1. The molecule has 4 N–H and O–H groups in total. The number of hydrogen-bond donors (Lipinski definition) is 3. The monoisotopic (exact) mass is 486 g/mol. The summed E-state index contributed by atoms with van der Waals surface area (Å²) in [6, 6.07) is 14.0. The Kier molecular flexibility index (Phi) is 6.33. The number of hydrogen-bond acceptors (Lipinski definition) is 4. The molecule has 32 heavy (non-hydrogen) atoms. The van der Waals surface area contributed by atoms with Crippen LogP contribution >= 0.6 is 35.0 Å². The van der Waals surface area contributed by atoms with Gasteiger partial charge in [-0.05, 0) is 36.2 Å². The molecule has 0 saturated heterocycles. The zero-order valence-corrected chi connectivity index (χ0v) is 19.4.